The van der Waals surface area contributed by atoms with Gasteiger partial charge in [-0.1, -0.05) is 74.5 Å². The highest BCUT2D eigenvalue weighted by molar-refractivity contribution is 5.89. The summed E-state index contributed by atoms with van der Waals surface area (Å²) in [5.74, 6) is 0.472. The molecule has 214 valence electrons. The van der Waals surface area contributed by atoms with Crippen LogP contribution in [0, 0.1) is 12.8 Å². The van der Waals surface area contributed by atoms with E-state index in [0.29, 0.717) is 36.0 Å². The second-order valence-corrected chi connectivity index (χ2v) is 10.2. The van der Waals surface area contributed by atoms with Gasteiger partial charge in [0.25, 0.3) is 0 Å². The highest BCUT2D eigenvalue weighted by Crippen LogP contribution is 2.38. The fraction of sp³-hybridized carbons (Fsp3) is 0.294. The van der Waals surface area contributed by atoms with Gasteiger partial charge in [0, 0.05) is 23.9 Å². The van der Waals surface area contributed by atoms with Gasteiger partial charge in [-0.2, -0.15) is 0 Å². The first-order chi connectivity index (χ1) is 19.8. The molecule has 1 aromatic heterocycles. The van der Waals surface area contributed by atoms with E-state index in [0.717, 1.165) is 16.7 Å². The molecule has 0 radical (unpaired) electrons. The van der Waals surface area contributed by atoms with Crippen molar-refractivity contribution >= 4 is 5.97 Å². The van der Waals surface area contributed by atoms with Gasteiger partial charge in [-0.25, -0.2) is 4.79 Å². The monoisotopic (exact) mass is 555 g/mol. The Hall–Kier alpha value is -4.36. The Labute approximate surface area is 241 Å². The minimum atomic E-state index is -0.695. The zero-order chi connectivity index (χ0) is 29.4. The molecule has 0 spiro atoms. The molecule has 1 atom stereocenters. The topological polar surface area (TPSA) is 87.0 Å². The van der Waals surface area contributed by atoms with E-state index in [2.05, 4.69) is 0 Å². The summed E-state index contributed by atoms with van der Waals surface area (Å²) in [6.07, 6.45) is 1.49. The Morgan fingerprint density at radius 3 is 2.00 bits per heavy atom. The summed E-state index contributed by atoms with van der Waals surface area (Å²) in [5.41, 5.74) is 3.49. The number of aryl methyl sites for hydroxylation is 1. The van der Waals surface area contributed by atoms with E-state index < -0.39 is 17.4 Å². The SMILES string of the molecule is CCOC(=O)c1cn(C(CO)C(C)C)c(-c2cc(C)c(OCc3ccccc3)cc2OCc2ccccc2)cc1=O. The number of carbonyl (C=O) groups excluding carboxylic acids is 1. The minimum Gasteiger partial charge on any atom is -0.488 e. The normalized spacial score (nSPS) is 11.8. The first kappa shape index (κ1) is 29.6. The maximum atomic E-state index is 13.2. The number of carbonyl (C=O) groups is 1. The number of hydrogen-bond donors (Lipinski definition) is 1. The molecule has 0 saturated carbocycles. The number of pyridine rings is 1. The molecule has 41 heavy (non-hydrogen) atoms. The smallest absolute Gasteiger partial charge is 0.343 e. The maximum absolute atomic E-state index is 13.2. The number of rotatable bonds is 12. The Balaban J connectivity index is 1.85. The van der Waals surface area contributed by atoms with E-state index in [-0.39, 0.29) is 24.7 Å². The molecule has 1 N–H and O–H groups in total. The van der Waals surface area contributed by atoms with Crippen LogP contribution in [0.4, 0.5) is 0 Å². The van der Waals surface area contributed by atoms with Crippen LogP contribution in [-0.2, 0) is 18.0 Å². The Morgan fingerprint density at radius 2 is 1.46 bits per heavy atom. The van der Waals surface area contributed by atoms with Crippen molar-refractivity contribution in [3.8, 4) is 22.8 Å². The first-order valence-corrected chi connectivity index (χ1v) is 13.8. The predicted octanol–water partition coefficient (Wildman–Crippen LogP) is 6.35. The molecule has 0 bridgehead atoms. The summed E-state index contributed by atoms with van der Waals surface area (Å²) < 4.78 is 19.5. The quantitative estimate of drug-likeness (QED) is 0.205. The molecule has 1 unspecified atom stereocenters. The zero-order valence-electron chi connectivity index (χ0n) is 24.0. The summed E-state index contributed by atoms with van der Waals surface area (Å²) in [6.45, 7) is 8.23. The maximum Gasteiger partial charge on any atom is 0.343 e. The average molecular weight is 556 g/mol. The lowest BCUT2D eigenvalue weighted by atomic mass is 10.00. The zero-order valence-corrected chi connectivity index (χ0v) is 24.0. The van der Waals surface area contributed by atoms with Crippen molar-refractivity contribution in [2.24, 2.45) is 5.92 Å². The van der Waals surface area contributed by atoms with Crippen LogP contribution in [0.25, 0.3) is 11.3 Å². The van der Waals surface area contributed by atoms with E-state index >= 15 is 0 Å². The van der Waals surface area contributed by atoms with Crippen molar-refractivity contribution in [1.29, 1.82) is 0 Å². The van der Waals surface area contributed by atoms with Crippen molar-refractivity contribution in [2.75, 3.05) is 13.2 Å². The number of ether oxygens (including phenoxy) is 3. The highest BCUT2D eigenvalue weighted by Gasteiger charge is 2.24. The van der Waals surface area contributed by atoms with Crippen LogP contribution in [-0.4, -0.2) is 28.9 Å². The van der Waals surface area contributed by atoms with Crippen LogP contribution in [0.1, 0.15) is 53.9 Å². The molecule has 4 aromatic rings. The molecule has 0 aliphatic heterocycles. The van der Waals surface area contributed by atoms with Crippen molar-refractivity contribution in [1.82, 2.24) is 4.57 Å². The molecule has 4 rings (SSSR count). The van der Waals surface area contributed by atoms with Crippen LogP contribution < -0.4 is 14.9 Å². The van der Waals surface area contributed by atoms with E-state index in [1.807, 2.05) is 93.6 Å². The third kappa shape index (κ3) is 7.24. The fourth-order valence-electron chi connectivity index (χ4n) is 4.64. The molecule has 0 amide bonds. The molecule has 0 fully saturated rings. The summed E-state index contributed by atoms with van der Waals surface area (Å²) in [5, 5.41) is 10.4. The van der Waals surface area contributed by atoms with Crippen LogP contribution in [0.5, 0.6) is 11.5 Å². The number of aliphatic hydroxyl groups excluding tert-OH is 1. The molecule has 3 aromatic carbocycles. The molecule has 0 aliphatic rings. The number of benzene rings is 3. The lowest BCUT2D eigenvalue weighted by Crippen LogP contribution is -2.26. The van der Waals surface area contributed by atoms with Crippen LogP contribution in [0.3, 0.4) is 0 Å². The van der Waals surface area contributed by atoms with E-state index in [9.17, 15) is 14.7 Å². The van der Waals surface area contributed by atoms with Gasteiger partial charge in [-0.15, -0.1) is 0 Å². The van der Waals surface area contributed by atoms with Gasteiger partial charge < -0.3 is 23.9 Å². The second-order valence-electron chi connectivity index (χ2n) is 10.2. The minimum absolute atomic E-state index is 0.000407. The molecule has 7 nitrogen and oxygen atoms in total. The fourth-order valence-corrected chi connectivity index (χ4v) is 4.64. The average Bonchev–Trinajstić information content (AvgIpc) is 2.97. The molecule has 0 aliphatic carbocycles. The van der Waals surface area contributed by atoms with Crippen molar-refractivity contribution in [3.63, 3.8) is 0 Å². The number of esters is 1. The Bertz CT molecular complexity index is 1510. The second kappa shape index (κ2) is 13.8. The number of aliphatic hydroxyl groups is 1. The molecule has 0 saturated heterocycles. The van der Waals surface area contributed by atoms with Crippen LogP contribution in [0.15, 0.2) is 89.9 Å². The van der Waals surface area contributed by atoms with Gasteiger partial charge in [0.05, 0.1) is 24.9 Å². The Kier molecular flexibility index (Phi) is 9.98. The third-order valence-corrected chi connectivity index (χ3v) is 6.92. The summed E-state index contributed by atoms with van der Waals surface area (Å²) in [7, 11) is 0. The van der Waals surface area contributed by atoms with E-state index in [4.69, 9.17) is 14.2 Å². The predicted molar refractivity (Wildman–Crippen MR) is 159 cm³/mol. The van der Waals surface area contributed by atoms with Gasteiger partial charge in [-0.3, -0.25) is 4.79 Å². The molecule has 7 heteroatoms. The van der Waals surface area contributed by atoms with Crippen molar-refractivity contribution in [3.05, 3.63) is 118 Å². The molecular weight excluding hydrogens is 518 g/mol. The third-order valence-electron chi connectivity index (χ3n) is 6.92. The summed E-state index contributed by atoms with van der Waals surface area (Å²) >= 11 is 0. The van der Waals surface area contributed by atoms with Gasteiger partial charge in [0.15, 0.2) is 5.43 Å². The van der Waals surface area contributed by atoms with Gasteiger partial charge >= 0.3 is 5.97 Å². The molecular formula is C34H37NO6. The van der Waals surface area contributed by atoms with Crippen molar-refractivity contribution < 1.29 is 24.1 Å². The van der Waals surface area contributed by atoms with Gasteiger partial charge in [-0.05, 0) is 42.5 Å². The highest BCUT2D eigenvalue weighted by atomic mass is 16.5. The number of nitrogens with zero attached hydrogens (tertiary/aromatic N) is 1. The number of aromatic nitrogens is 1. The van der Waals surface area contributed by atoms with Gasteiger partial charge in [0.2, 0.25) is 0 Å². The van der Waals surface area contributed by atoms with Gasteiger partial charge in [0.1, 0.15) is 30.3 Å². The number of hydrogen-bond acceptors (Lipinski definition) is 6. The molecule has 1 heterocycles. The summed E-state index contributed by atoms with van der Waals surface area (Å²) in [6, 6.07) is 24.5. The summed E-state index contributed by atoms with van der Waals surface area (Å²) in [4.78, 5) is 25.8. The van der Waals surface area contributed by atoms with Crippen LogP contribution >= 0.6 is 0 Å². The Morgan fingerprint density at radius 1 is 0.878 bits per heavy atom. The van der Waals surface area contributed by atoms with E-state index in [1.54, 1.807) is 11.5 Å². The lowest BCUT2D eigenvalue weighted by molar-refractivity contribution is 0.0523. The van der Waals surface area contributed by atoms with E-state index in [1.165, 1.54) is 12.3 Å². The standard InChI is InChI=1S/C34H37NO6/c1-5-39-34(38)28-19-35(30(20-36)23(2)3)29(17-31(28)37)27-16-24(4)32(40-21-25-12-8-6-9-13-25)18-33(27)41-22-26-14-10-7-11-15-26/h6-19,23,30,36H,5,20-22H2,1-4H3. The lowest BCUT2D eigenvalue weighted by Gasteiger charge is -2.27. The largest absolute Gasteiger partial charge is 0.488 e. The first-order valence-electron chi connectivity index (χ1n) is 13.8. The van der Waals surface area contributed by atoms with Crippen molar-refractivity contribution in [2.45, 2.75) is 47.0 Å². The van der Waals surface area contributed by atoms with Crippen LogP contribution in [0.2, 0.25) is 0 Å².